The highest BCUT2D eigenvalue weighted by Crippen LogP contribution is 2.35. The number of aliphatic hydroxyl groups is 1. The third-order valence-electron chi connectivity index (χ3n) is 3.52. The van der Waals surface area contributed by atoms with Gasteiger partial charge in [-0.05, 0) is 40.3 Å². The molecule has 4 nitrogen and oxygen atoms in total. The summed E-state index contributed by atoms with van der Waals surface area (Å²) >= 11 is 0. The van der Waals surface area contributed by atoms with Gasteiger partial charge in [0.1, 0.15) is 11.4 Å². The van der Waals surface area contributed by atoms with Gasteiger partial charge in [-0.15, -0.1) is 0 Å². The van der Waals surface area contributed by atoms with Gasteiger partial charge in [-0.2, -0.15) is 0 Å². The molecule has 0 amide bonds. The van der Waals surface area contributed by atoms with E-state index in [0.717, 1.165) is 17.7 Å². The predicted molar refractivity (Wildman–Crippen MR) is 70.6 cm³/mol. The second kappa shape index (κ2) is 4.86. The minimum absolute atomic E-state index is 0.113. The Morgan fingerprint density at radius 2 is 2.22 bits per heavy atom. The fourth-order valence-corrected chi connectivity index (χ4v) is 2.50. The van der Waals surface area contributed by atoms with Crippen LogP contribution in [0.25, 0.3) is 0 Å². The number of pyridine rings is 1. The Bertz CT molecular complexity index is 410. The molecule has 1 aliphatic rings. The van der Waals surface area contributed by atoms with Crippen molar-refractivity contribution in [2.24, 2.45) is 0 Å². The molecule has 1 saturated heterocycles. The van der Waals surface area contributed by atoms with E-state index in [-0.39, 0.29) is 6.10 Å². The molecule has 2 rings (SSSR count). The fraction of sp³-hybridized carbons (Fsp3) is 0.643. The van der Waals surface area contributed by atoms with Crippen molar-refractivity contribution in [3.63, 3.8) is 0 Å². The third kappa shape index (κ3) is 2.65. The number of hydrogen-bond donors (Lipinski definition) is 1. The van der Waals surface area contributed by atoms with Crippen LogP contribution < -0.4 is 4.74 Å². The molecule has 1 aliphatic heterocycles. The highest BCUT2D eigenvalue weighted by atomic mass is 16.5. The zero-order valence-corrected chi connectivity index (χ0v) is 11.6. The molecule has 2 heterocycles. The highest BCUT2D eigenvalue weighted by molar-refractivity contribution is 5.29. The van der Waals surface area contributed by atoms with Crippen LogP contribution in [0.15, 0.2) is 18.5 Å². The Morgan fingerprint density at radius 3 is 2.78 bits per heavy atom. The van der Waals surface area contributed by atoms with Gasteiger partial charge in [0, 0.05) is 24.3 Å². The number of β-amino-alcohol motifs (C(OH)–C–C–N with tert-alkyl or cyclic N) is 1. The molecule has 0 bridgehead atoms. The lowest BCUT2D eigenvalue weighted by Crippen LogP contribution is -2.29. The number of likely N-dealkylation sites (N-methyl/N-ethyl adjacent to an activating group) is 1. The second-order valence-corrected chi connectivity index (χ2v) is 5.58. The average molecular weight is 250 g/mol. The van der Waals surface area contributed by atoms with Crippen molar-refractivity contribution in [2.45, 2.75) is 44.9 Å². The van der Waals surface area contributed by atoms with Crippen LogP contribution in [0.3, 0.4) is 0 Å². The van der Waals surface area contributed by atoms with E-state index in [0.29, 0.717) is 12.6 Å². The third-order valence-corrected chi connectivity index (χ3v) is 3.52. The van der Waals surface area contributed by atoms with E-state index in [2.05, 4.69) is 16.8 Å². The van der Waals surface area contributed by atoms with E-state index in [1.807, 2.05) is 27.0 Å². The average Bonchev–Trinajstić information content (AvgIpc) is 2.53. The molecule has 18 heavy (non-hydrogen) atoms. The molecule has 4 heteroatoms. The smallest absolute Gasteiger partial charge is 0.138 e. The second-order valence-electron chi connectivity index (χ2n) is 5.58. The summed E-state index contributed by atoms with van der Waals surface area (Å²) in [6.45, 7) is 6.72. The van der Waals surface area contributed by atoms with E-state index in [9.17, 15) is 5.11 Å². The van der Waals surface area contributed by atoms with Gasteiger partial charge in [-0.3, -0.25) is 4.98 Å². The largest absolute Gasteiger partial charge is 0.489 e. The van der Waals surface area contributed by atoms with Crippen molar-refractivity contribution in [1.29, 1.82) is 0 Å². The maximum absolute atomic E-state index is 10.7. The van der Waals surface area contributed by atoms with Crippen LogP contribution >= 0.6 is 0 Å². The first-order valence-electron chi connectivity index (χ1n) is 6.45. The summed E-state index contributed by atoms with van der Waals surface area (Å²) in [6, 6.07) is 2.28. The van der Waals surface area contributed by atoms with Gasteiger partial charge in [-0.1, -0.05) is 0 Å². The zero-order chi connectivity index (χ0) is 13.3. The lowest BCUT2D eigenvalue weighted by Gasteiger charge is -2.23. The molecule has 0 saturated carbocycles. The SMILES string of the molecule is CC(C)Oc1cncc(C2(O)CC(C)N(C)C2)c1. The molecule has 0 radical (unpaired) electrons. The summed E-state index contributed by atoms with van der Waals surface area (Å²) in [5, 5.41) is 10.7. The van der Waals surface area contributed by atoms with Crippen molar-refractivity contribution in [3.8, 4) is 5.75 Å². The summed E-state index contributed by atoms with van der Waals surface area (Å²) in [7, 11) is 2.03. The Hall–Kier alpha value is -1.13. The van der Waals surface area contributed by atoms with Crippen LogP contribution in [0.1, 0.15) is 32.8 Å². The van der Waals surface area contributed by atoms with Crippen LogP contribution in [0.4, 0.5) is 0 Å². The molecule has 1 fully saturated rings. The van der Waals surface area contributed by atoms with E-state index in [1.54, 1.807) is 12.4 Å². The van der Waals surface area contributed by atoms with Gasteiger partial charge >= 0.3 is 0 Å². The molecule has 2 unspecified atom stereocenters. The van der Waals surface area contributed by atoms with Crippen LogP contribution in [0.5, 0.6) is 5.75 Å². The van der Waals surface area contributed by atoms with Crippen molar-refractivity contribution in [2.75, 3.05) is 13.6 Å². The van der Waals surface area contributed by atoms with Gasteiger partial charge < -0.3 is 14.7 Å². The summed E-state index contributed by atoms with van der Waals surface area (Å²) in [4.78, 5) is 6.34. The minimum Gasteiger partial charge on any atom is -0.489 e. The van der Waals surface area contributed by atoms with Gasteiger partial charge in [0.25, 0.3) is 0 Å². The standard InChI is InChI=1S/C14H22N2O2/c1-10(2)18-13-5-12(7-15-8-13)14(17)6-11(3)16(4)9-14/h5,7-8,10-11,17H,6,9H2,1-4H3. The molecule has 1 aromatic rings. The van der Waals surface area contributed by atoms with Crippen molar-refractivity contribution in [1.82, 2.24) is 9.88 Å². The maximum Gasteiger partial charge on any atom is 0.138 e. The Morgan fingerprint density at radius 1 is 1.50 bits per heavy atom. The quantitative estimate of drug-likeness (QED) is 0.888. The highest BCUT2D eigenvalue weighted by Gasteiger charge is 2.40. The number of aromatic nitrogens is 1. The predicted octanol–water partition coefficient (Wildman–Crippen LogP) is 1.78. The molecule has 100 valence electrons. The molecule has 0 spiro atoms. The normalized spacial score (nSPS) is 28.9. The van der Waals surface area contributed by atoms with Crippen molar-refractivity contribution >= 4 is 0 Å². The number of ether oxygens (including phenoxy) is 1. The molecule has 2 atom stereocenters. The topological polar surface area (TPSA) is 45.6 Å². The molecule has 1 aromatic heterocycles. The van der Waals surface area contributed by atoms with Crippen LogP contribution in [-0.2, 0) is 5.60 Å². The van der Waals surface area contributed by atoms with Gasteiger partial charge in [0.05, 0.1) is 12.3 Å². The molecule has 1 N–H and O–H groups in total. The van der Waals surface area contributed by atoms with E-state index in [1.165, 1.54) is 0 Å². The summed E-state index contributed by atoms with van der Waals surface area (Å²) in [5.74, 6) is 0.720. The summed E-state index contributed by atoms with van der Waals surface area (Å²) < 4.78 is 5.63. The summed E-state index contributed by atoms with van der Waals surface area (Å²) in [5.41, 5.74) is 0.0363. The van der Waals surface area contributed by atoms with E-state index < -0.39 is 5.60 Å². The van der Waals surface area contributed by atoms with E-state index in [4.69, 9.17) is 4.74 Å². The zero-order valence-electron chi connectivity index (χ0n) is 11.6. The Kier molecular flexibility index (Phi) is 3.59. The number of nitrogens with zero attached hydrogens (tertiary/aromatic N) is 2. The van der Waals surface area contributed by atoms with Gasteiger partial charge in [-0.25, -0.2) is 0 Å². The summed E-state index contributed by atoms with van der Waals surface area (Å²) in [6.07, 6.45) is 4.27. The molecular weight excluding hydrogens is 228 g/mol. The number of hydrogen-bond acceptors (Lipinski definition) is 4. The molecule has 0 aliphatic carbocycles. The van der Waals surface area contributed by atoms with E-state index >= 15 is 0 Å². The Balaban J connectivity index is 2.23. The van der Waals surface area contributed by atoms with Crippen LogP contribution in [-0.4, -0.2) is 40.7 Å². The number of rotatable bonds is 3. The maximum atomic E-state index is 10.7. The van der Waals surface area contributed by atoms with Crippen LogP contribution in [0.2, 0.25) is 0 Å². The lowest BCUT2D eigenvalue weighted by atomic mass is 9.93. The van der Waals surface area contributed by atoms with Gasteiger partial charge in [0.2, 0.25) is 0 Å². The fourth-order valence-electron chi connectivity index (χ4n) is 2.50. The van der Waals surface area contributed by atoms with Gasteiger partial charge in [0.15, 0.2) is 0 Å². The monoisotopic (exact) mass is 250 g/mol. The Labute approximate surface area is 109 Å². The molecule has 0 aromatic carbocycles. The molecular formula is C14H22N2O2. The first-order chi connectivity index (χ1) is 8.40. The van der Waals surface area contributed by atoms with Crippen molar-refractivity contribution < 1.29 is 9.84 Å². The lowest BCUT2D eigenvalue weighted by molar-refractivity contribution is 0.0478. The van der Waals surface area contributed by atoms with Crippen molar-refractivity contribution in [3.05, 3.63) is 24.0 Å². The van der Waals surface area contributed by atoms with Crippen LogP contribution in [0, 0.1) is 0 Å². The minimum atomic E-state index is -0.808. The first-order valence-corrected chi connectivity index (χ1v) is 6.45. The first kappa shape index (κ1) is 13.3. The number of likely N-dealkylation sites (tertiary alicyclic amines) is 1.